The molecule has 2 saturated heterocycles. The summed E-state index contributed by atoms with van der Waals surface area (Å²) in [4.78, 5) is 92.0. The Kier molecular flexibility index (Phi) is 44.1. The summed E-state index contributed by atoms with van der Waals surface area (Å²) in [6.07, 6.45) is 28.7. The number of aromatic nitrogens is 10. The Hall–Kier alpha value is -10.7. The first kappa shape index (κ1) is 88.3. The van der Waals surface area contributed by atoms with Gasteiger partial charge in [-0.1, -0.05) is 92.4 Å². The Morgan fingerprint density at radius 2 is 1.07 bits per heavy atom. The molecule has 2 fully saturated rings. The number of benzene rings is 3. The van der Waals surface area contributed by atoms with E-state index in [4.69, 9.17) is 44.9 Å². The number of esters is 4. The first-order valence-corrected chi connectivity index (χ1v) is 31.5. The summed E-state index contributed by atoms with van der Waals surface area (Å²) >= 11 is 0. The Labute approximate surface area is 618 Å². The molecule has 7 N–H and O–H groups in total. The van der Waals surface area contributed by atoms with Crippen LogP contribution in [0.5, 0.6) is 0 Å². The zero-order valence-corrected chi connectivity index (χ0v) is 59.1. The first-order chi connectivity index (χ1) is 48.6. The number of aldehydes is 1. The molecular formula is C69H85BN15NaO17. The molecule has 0 radical (unpaired) electrons. The van der Waals surface area contributed by atoms with Crippen LogP contribution in [-0.4, -0.2) is 213 Å². The number of aliphatic imine (C=N–C) groups is 4. The number of carbonyl (C=O) groups is 6. The predicted octanol–water partition coefficient (Wildman–Crippen LogP) is 2.86. The number of hydrogen-bond donors (Lipinski definition) is 5. The normalized spacial score (nSPS) is 13.5. The molecule has 5 aromatic heterocycles. The summed E-state index contributed by atoms with van der Waals surface area (Å²) in [6, 6.07) is 31.5. The van der Waals surface area contributed by atoms with Gasteiger partial charge in [-0.25, -0.2) is 53.3 Å². The van der Waals surface area contributed by atoms with E-state index in [-0.39, 0.29) is 67.0 Å². The largest absolute Gasteiger partial charge is 1.00 e. The molecule has 34 heteroatoms. The number of rotatable bonds is 14. The summed E-state index contributed by atoms with van der Waals surface area (Å²) in [5.41, 5.74) is 8.42. The van der Waals surface area contributed by atoms with Gasteiger partial charge in [0.25, 0.3) is 0 Å². The Bertz CT molecular complexity index is 3980. The molecule has 8 aromatic rings. The number of ether oxygens (including phenoxy) is 6. The Balaban J connectivity index is 0.000000408. The van der Waals surface area contributed by atoms with Gasteiger partial charge in [-0.05, 0) is 94.9 Å². The van der Waals surface area contributed by atoms with Crippen LogP contribution in [0.1, 0.15) is 92.3 Å². The SMILES string of the molecule is C.C1CCOC1.CCOC(=O)C=NC1=NCC=C1.CCOC(=O)C=O.CCOC(=O)c1cncn1-c1ccn(-c2ccccc2)n1.CCOC(=O)c1cncn1C1=NCC=C1.NC1=NCC=C1.O=C(O)c1cncn1-c1ccn(-c2ccccc2)n1.OB(O)c1ccccc1.OC1CCCO1.[Na+].[OH-]. The third-order valence-corrected chi connectivity index (χ3v) is 12.8. The zero-order chi connectivity index (χ0) is 72.1. The maximum atomic E-state index is 11.9. The summed E-state index contributed by atoms with van der Waals surface area (Å²) in [5.74, 6) is 0.00351. The van der Waals surface area contributed by atoms with Crippen molar-refractivity contribution in [1.29, 1.82) is 0 Å². The topological polar surface area (TPSA) is 433 Å². The number of hydrogen-bond acceptors (Lipinski definition) is 26. The van der Waals surface area contributed by atoms with Crippen LogP contribution in [0.15, 0.2) is 210 Å². The zero-order valence-electron chi connectivity index (χ0n) is 57.1. The van der Waals surface area contributed by atoms with Crippen molar-refractivity contribution in [3.63, 3.8) is 0 Å². The van der Waals surface area contributed by atoms with Crippen molar-refractivity contribution < 1.29 is 112 Å². The number of nitrogens with zero attached hydrogens (tertiary/aromatic N) is 14. The molecule has 3 aromatic carbocycles. The van der Waals surface area contributed by atoms with Crippen molar-refractivity contribution in [3.05, 3.63) is 207 Å². The molecule has 0 bridgehead atoms. The summed E-state index contributed by atoms with van der Waals surface area (Å²) < 4.78 is 36.5. The minimum absolute atomic E-state index is 0. The van der Waals surface area contributed by atoms with E-state index in [9.17, 15) is 28.8 Å². The van der Waals surface area contributed by atoms with Gasteiger partial charge in [-0.3, -0.25) is 33.5 Å². The van der Waals surface area contributed by atoms with E-state index in [0.29, 0.717) is 73.1 Å². The van der Waals surface area contributed by atoms with Crippen LogP contribution in [0.2, 0.25) is 0 Å². The van der Waals surface area contributed by atoms with Gasteiger partial charge < -0.3 is 59.9 Å². The molecule has 1 atom stereocenters. The van der Waals surface area contributed by atoms with Crippen molar-refractivity contribution in [2.45, 2.75) is 67.1 Å². The molecule has 0 saturated carbocycles. The fourth-order valence-electron chi connectivity index (χ4n) is 8.15. The molecule has 10 heterocycles. The van der Waals surface area contributed by atoms with E-state index in [0.717, 1.165) is 62.6 Å². The second-order valence-electron chi connectivity index (χ2n) is 19.9. The average Bonchev–Trinajstić information content (AvgIpc) is 1.69. The number of allylic oxidation sites excluding steroid dienone is 1. The van der Waals surface area contributed by atoms with Crippen LogP contribution in [0.3, 0.4) is 0 Å². The van der Waals surface area contributed by atoms with E-state index in [1.54, 1.807) is 108 Å². The standard InChI is InChI=1S/C15H14N4O2.C13H10N4O2.C10H11N3O2.C8H10N2O2.C6H7BO2.C4H6N2.C4H6O3.C4H8O2.C4H8O.CH4.Na.H2O/c1-2-21-15(20)13-10-16-11-18(13)14-8-9-19(17-14)12-6-4-3-5-7-12;18-13(19)11-8-14-9-16(11)12-6-7-17(15-12)10-4-2-1-3-5-10;1-2-15-10(14)8-6-11-7-13(8)9-4-3-5-12-9;1-2-12-8(11)6-10-7-4-3-5-9-7;8-7(9)6-4-2-1-3-5-6;5-4-2-1-3-6-4;1-2-7-4(6)3-5;5-4-2-1-3-6-4;1-2-4-5-3-1;;;/h3-11H,2H2,1H3;1-9H,(H,18,19);3-4,6-7H,2,5H2,1H3;3-4,6H,2,5H2,1H3;1-5,8-9H;1-2H,3H2,(H2,5,6);3H,2H2,1H3;4-5H,1-3H2;1-4H2;1H4;;1H2/q;;;;;;;;;;+1;/p-1. The monoisotopic (exact) mass is 1430 g/mol. The number of carbonyl (C=O) groups excluding carboxylic acids is 5. The van der Waals surface area contributed by atoms with E-state index < -0.39 is 37.3 Å². The number of imidazole rings is 3. The number of aromatic carboxylic acids is 1. The van der Waals surface area contributed by atoms with Crippen LogP contribution in [0.4, 0.5) is 0 Å². The number of carboxylic acids is 1. The fourth-order valence-corrected chi connectivity index (χ4v) is 8.15. The maximum absolute atomic E-state index is 11.9. The number of para-hydroxylation sites is 2. The molecule has 32 nitrogen and oxygen atoms in total. The third kappa shape index (κ3) is 32.6. The number of aliphatic hydroxyl groups excluding tert-OH is 1. The van der Waals surface area contributed by atoms with E-state index >= 15 is 0 Å². The Morgan fingerprint density at radius 3 is 1.44 bits per heavy atom. The number of nitrogens with two attached hydrogens (primary N) is 1. The van der Waals surface area contributed by atoms with Crippen molar-refractivity contribution in [1.82, 2.24) is 48.2 Å². The van der Waals surface area contributed by atoms with E-state index in [1.807, 2.05) is 103 Å². The molecule has 0 spiro atoms. The first-order valence-electron chi connectivity index (χ1n) is 31.5. The minimum atomic E-state index is -1.34. The van der Waals surface area contributed by atoms with Crippen molar-refractivity contribution in [3.8, 4) is 23.0 Å². The number of carboxylic acid groups (broad SMARTS) is 1. The third-order valence-electron chi connectivity index (χ3n) is 12.8. The average molecular weight is 1430 g/mol. The molecular weight excluding hydrogens is 1340 g/mol. The van der Waals surface area contributed by atoms with Crippen molar-refractivity contribution >= 4 is 72.4 Å². The summed E-state index contributed by atoms with van der Waals surface area (Å²) in [6.45, 7) is 13.0. The smallest absolute Gasteiger partial charge is 0.870 e. The van der Waals surface area contributed by atoms with Crippen LogP contribution in [-0.2, 0) is 42.8 Å². The molecule has 0 aliphatic carbocycles. The quantitative estimate of drug-likeness (QED) is 0.0261. The van der Waals surface area contributed by atoms with Gasteiger partial charge in [0, 0.05) is 50.8 Å². The number of amidine groups is 2. The van der Waals surface area contributed by atoms with Crippen molar-refractivity contribution in [2.24, 2.45) is 25.7 Å². The van der Waals surface area contributed by atoms with Crippen molar-refractivity contribution in [2.75, 3.05) is 65.9 Å². The number of aliphatic hydroxyl groups is 1. The van der Waals surface area contributed by atoms with Gasteiger partial charge in [0.2, 0.25) is 6.29 Å². The van der Waals surface area contributed by atoms with Gasteiger partial charge in [-0.15, -0.1) is 10.2 Å². The molecule has 5 aliphatic rings. The molecule has 0 amide bonds. The summed E-state index contributed by atoms with van der Waals surface area (Å²) in [7, 11) is -1.34. The molecule has 542 valence electrons. The van der Waals surface area contributed by atoms with Crippen LogP contribution in [0.25, 0.3) is 23.0 Å². The van der Waals surface area contributed by atoms with Crippen LogP contribution < -0.4 is 40.8 Å². The molecule has 1 unspecified atom stereocenters. The molecule has 103 heavy (non-hydrogen) atoms. The predicted molar refractivity (Wildman–Crippen MR) is 380 cm³/mol. The van der Waals surface area contributed by atoms with Gasteiger partial charge in [0.05, 0.1) is 76.0 Å². The van der Waals surface area contributed by atoms with Gasteiger partial charge in [0.15, 0.2) is 35.0 Å². The van der Waals surface area contributed by atoms with Crippen LogP contribution in [0, 0.1) is 0 Å². The minimum Gasteiger partial charge on any atom is -0.870 e. The van der Waals surface area contributed by atoms with E-state index in [2.05, 4.69) is 54.6 Å². The molecule has 13 rings (SSSR count). The maximum Gasteiger partial charge on any atom is 1.00 e. The van der Waals surface area contributed by atoms with E-state index in [1.165, 1.54) is 42.3 Å². The second kappa shape index (κ2) is 51.4. The van der Waals surface area contributed by atoms with Gasteiger partial charge >= 0.3 is 66.5 Å². The Morgan fingerprint density at radius 1 is 0.602 bits per heavy atom. The second-order valence-corrected chi connectivity index (χ2v) is 19.9. The van der Waals surface area contributed by atoms with Gasteiger partial charge in [0.1, 0.15) is 42.7 Å². The van der Waals surface area contributed by atoms with Gasteiger partial charge in [-0.2, -0.15) is 0 Å². The molecule has 5 aliphatic heterocycles. The van der Waals surface area contributed by atoms with Crippen LogP contribution >= 0.6 is 0 Å². The fraction of sp³-hybridized carbons (Fsp3) is 0.290. The summed E-state index contributed by atoms with van der Waals surface area (Å²) in [5, 5.41) is 43.5.